The number of aryl methyl sites for hydroxylation is 1. The SMILES string of the molecule is Cc1ccccc1CN(CC(=O)NCCc1c[nH]c2ccccc12)S(C)(=O)=O. The van der Waals surface area contributed by atoms with Crippen molar-refractivity contribution in [3.63, 3.8) is 0 Å². The number of carbonyl (C=O) groups excluding carboxylic acids is 1. The Morgan fingerprint density at radius 2 is 1.79 bits per heavy atom. The molecular formula is C21H25N3O3S. The first kappa shape index (κ1) is 20.1. The molecule has 1 amide bonds. The molecule has 0 spiro atoms. The molecule has 1 aromatic heterocycles. The van der Waals surface area contributed by atoms with Crippen LogP contribution in [0.25, 0.3) is 10.9 Å². The Morgan fingerprint density at radius 3 is 2.54 bits per heavy atom. The first-order valence-electron chi connectivity index (χ1n) is 9.16. The maximum Gasteiger partial charge on any atom is 0.235 e. The van der Waals surface area contributed by atoms with Crippen molar-refractivity contribution in [2.45, 2.75) is 19.9 Å². The lowest BCUT2D eigenvalue weighted by atomic mass is 10.1. The zero-order valence-corrected chi connectivity index (χ0v) is 16.9. The van der Waals surface area contributed by atoms with E-state index in [4.69, 9.17) is 0 Å². The van der Waals surface area contributed by atoms with Gasteiger partial charge in [0.25, 0.3) is 0 Å². The number of benzene rings is 2. The second-order valence-corrected chi connectivity index (χ2v) is 8.90. The third kappa shape index (κ3) is 4.99. The molecule has 148 valence electrons. The van der Waals surface area contributed by atoms with Crippen molar-refractivity contribution in [3.05, 3.63) is 71.4 Å². The molecule has 0 fully saturated rings. The molecule has 0 unspecified atom stereocenters. The minimum absolute atomic E-state index is 0.182. The highest BCUT2D eigenvalue weighted by molar-refractivity contribution is 7.88. The summed E-state index contributed by atoms with van der Waals surface area (Å²) in [7, 11) is -3.50. The van der Waals surface area contributed by atoms with E-state index < -0.39 is 10.0 Å². The van der Waals surface area contributed by atoms with Gasteiger partial charge in [0.15, 0.2) is 0 Å². The van der Waals surface area contributed by atoms with Crippen LogP contribution in [0.15, 0.2) is 54.7 Å². The van der Waals surface area contributed by atoms with Gasteiger partial charge in [0.2, 0.25) is 15.9 Å². The number of amides is 1. The van der Waals surface area contributed by atoms with Gasteiger partial charge >= 0.3 is 0 Å². The van der Waals surface area contributed by atoms with Crippen LogP contribution < -0.4 is 5.32 Å². The molecule has 2 aromatic carbocycles. The third-order valence-electron chi connectivity index (χ3n) is 4.79. The number of aromatic nitrogens is 1. The maximum atomic E-state index is 12.3. The van der Waals surface area contributed by atoms with Gasteiger partial charge in [-0.1, -0.05) is 42.5 Å². The summed E-state index contributed by atoms with van der Waals surface area (Å²) in [5, 5.41) is 3.96. The summed E-state index contributed by atoms with van der Waals surface area (Å²) in [6.45, 7) is 2.36. The summed E-state index contributed by atoms with van der Waals surface area (Å²) in [5.41, 5.74) is 4.07. The van der Waals surface area contributed by atoms with Crippen LogP contribution in [0, 0.1) is 6.92 Å². The Bertz CT molecular complexity index is 1070. The monoisotopic (exact) mass is 399 g/mol. The Kier molecular flexibility index (Phi) is 6.16. The van der Waals surface area contributed by atoms with Crippen molar-refractivity contribution >= 4 is 26.8 Å². The molecule has 1 heterocycles. The van der Waals surface area contributed by atoms with Gasteiger partial charge in [-0.3, -0.25) is 4.79 Å². The van der Waals surface area contributed by atoms with Gasteiger partial charge < -0.3 is 10.3 Å². The standard InChI is InChI=1S/C21H25N3O3S/c1-16-7-3-4-8-18(16)14-24(28(2,26)27)15-21(25)22-12-11-17-13-23-20-10-6-5-9-19(17)20/h3-10,13,23H,11-12,14-15H2,1-2H3,(H,22,25). The minimum atomic E-state index is -3.50. The van der Waals surface area contributed by atoms with Crippen molar-refractivity contribution in [2.75, 3.05) is 19.3 Å². The fourth-order valence-corrected chi connectivity index (χ4v) is 3.88. The van der Waals surface area contributed by atoms with Crippen LogP contribution in [0.4, 0.5) is 0 Å². The van der Waals surface area contributed by atoms with Crippen LogP contribution in [0.1, 0.15) is 16.7 Å². The van der Waals surface area contributed by atoms with Gasteiger partial charge in [-0.25, -0.2) is 8.42 Å². The van der Waals surface area contributed by atoms with Crippen LogP contribution in [0.5, 0.6) is 0 Å². The zero-order chi connectivity index (χ0) is 20.1. The number of aromatic amines is 1. The number of hydrogen-bond acceptors (Lipinski definition) is 3. The van der Waals surface area contributed by atoms with Crippen LogP contribution in [-0.2, 0) is 27.8 Å². The maximum absolute atomic E-state index is 12.3. The van der Waals surface area contributed by atoms with E-state index in [0.29, 0.717) is 13.0 Å². The highest BCUT2D eigenvalue weighted by atomic mass is 32.2. The fraction of sp³-hybridized carbons (Fsp3) is 0.286. The van der Waals surface area contributed by atoms with Crippen molar-refractivity contribution in [1.82, 2.24) is 14.6 Å². The molecule has 3 aromatic rings. The average Bonchev–Trinajstić information content (AvgIpc) is 3.05. The predicted molar refractivity (Wildman–Crippen MR) is 111 cm³/mol. The molecule has 0 saturated carbocycles. The molecule has 0 bridgehead atoms. The quantitative estimate of drug-likeness (QED) is 0.611. The topological polar surface area (TPSA) is 82.3 Å². The molecule has 7 heteroatoms. The first-order chi connectivity index (χ1) is 13.3. The minimum Gasteiger partial charge on any atom is -0.361 e. The molecule has 28 heavy (non-hydrogen) atoms. The van der Waals surface area contributed by atoms with Crippen molar-refractivity contribution in [1.29, 1.82) is 0 Å². The molecule has 0 saturated heterocycles. The number of fused-ring (bicyclic) bond motifs is 1. The van der Waals surface area contributed by atoms with E-state index in [1.54, 1.807) is 0 Å². The molecule has 0 aliphatic rings. The van der Waals surface area contributed by atoms with E-state index >= 15 is 0 Å². The molecule has 0 radical (unpaired) electrons. The molecule has 6 nitrogen and oxygen atoms in total. The number of sulfonamides is 1. The first-order valence-corrected chi connectivity index (χ1v) is 11.0. The lowest BCUT2D eigenvalue weighted by Gasteiger charge is -2.20. The van der Waals surface area contributed by atoms with Crippen LogP contribution >= 0.6 is 0 Å². The molecule has 3 rings (SSSR count). The number of carbonyl (C=O) groups is 1. The van der Waals surface area contributed by atoms with E-state index in [0.717, 1.165) is 33.8 Å². The molecule has 2 N–H and O–H groups in total. The van der Waals surface area contributed by atoms with Gasteiger partial charge in [-0.15, -0.1) is 0 Å². The summed E-state index contributed by atoms with van der Waals surface area (Å²) in [6.07, 6.45) is 3.74. The number of para-hydroxylation sites is 1. The van der Waals surface area contributed by atoms with Gasteiger partial charge in [0.1, 0.15) is 0 Å². The third-order valence-corrected chi connectivity index (χ3v) is 5.98. The van der Waals surface area contributed by atoms with Crippen molar-refractivity contribution in [3.8, 4) is 0 Å². The number of H-pyrrole nitrogens is 1. The summed E-state index contributed by atoms with van der Waals surface area (Å²) < 4.78 is 25.5. The number of nitrogens with one attached hydrogen (secondary N) is 2. The second-order valence-electron chi connectivity index (χ2n) is 6.92. The Balaban J connectivity index is 1.59. The lowest BCUT2D eigenvalue weighted by Crippen LogP contribution is -2.40. The van der Waals surface area contributed by atoms with Crippen molar-refractivity contribution in [2.24, 2.45) is 0 Å². The van der Waals surface area contributed by atoms with Crippen LogP contribution in [0.3, 0.4) is 0 Å². The Hall–Kier alpha value is -2.64. The zero-order valence-electron chi connectivity index (χ0n) is 16.1. The van der Waals surface area contributed by atoms with Gasteiger partial charge in [-0.05, 0) is 36.1 Å². The second kappa shape index (κ2) is 8.58. The highest BCUT2D eigenvalue weighted by Crippen LogP contribution is 2.17. The number of nitrogens with zero attached hydrogens (tertiary/aromatic N) is 1. The molecular weight excluding hydrogens is 374 g/mol. The Labute approximate surface area is 165 Å². The lowest BCUT2D eigenvalue weighted by molar-refractivity contribution is -0.121. The molecule has 0 aliphatic carbocycles. The fourth-order valence-electron chi connectivity index (χ4n) is 3.16. The van der Waals surface area contributed by atoms with E-state index in [9.17, 15) is 13.2 Å². The van der Waals surface area contributed by atoms with E-state index in [1.165, 1.54) is 4.31 Å². The largest absolute Gasteiger partial charge is 0.361 e. The number of hydrogen-bond donors (Lipinski definition) is 2. The summed E-state index contributed by atoms with van der Waals surface area (Å²) in [6, 6.07) is 15.6. The predicted octanol–water partition coefficient (Wildman–Crippen LogP) is 2.60. The van der Waals surface area contributed by atoms with Gasteiger partial charge in [-0.2, -0.15) is 4.31 Å². The van der Waals surface area contributed by atoms with Crippen LogP contribution in [0.2, 0.25) is 0 Å². The summed E-state index contributed by atoms with van der Waals surface area (Å²) >= 11 is 0. The average molecular weight is 400 g/mol. The molecule has 0 aliphatic heterocycles. The van der Waals surface area contributed by atoms with Gasteiger partial charge in [0, 0.05) is 30.2 Å². The van der Waals surface area contributed by atoms with Gasteiger partial charge in [0.05, 0.1) is 12.8 Å². The van der Waals surface area contributed by atoms with E-state index in [1.807, 2.05) is 61.7 Å². The smallest absolute Gasteiger partial charge is 0.235 e. The molecule has 0 atom stereocenters. The highest BCUT2D eigenvalue weighted by Gasteiger charge is 2.21. The summed E-state index contributed by atoms with van der Waals surface area (Å²) in [4.78, 5) is 15.6. The Morgan fingerprint density at radius 1 is 1.07 bits per heavy atom. The summed E-state index contributed by atoms with van der Waals surface area (Å²) in [5.74, 6) is -0.307. The van der Waals surface area contributed by atoms with Crippen molar-refractivity contribution < 1.29 is 13.2 Å². The number of rotatable bonds is 8. The van der Waals surface area contributed by atoms with E-state index in [-0.39, 0.29) is 19.0 Å². The normalized spacial score (nSPS) is 11.8. The van der Waals surface area contributed by atoms with E-state index in [2.05, 4.69) is 10.3 Å². The van der Waals surface area contributed by atoms with Crippen LogP contribution in [-0.4, -0.2) is 43.0 Å².